The molecule has 21 heavy (non-hydrogen) atoms. The van der Waals surface area contributed by atoms with Gasteiger partial charge in [0.1, 0.15) is 12.2 Å². The fourth-order valence-electron chi connectivity index (χ4n) is 2.29. The van der Waals surface area contributed by atoms with Crippen LogP contribution in [0, 0.1) is 0 Å². The van der Waals surface area contributed by atoms with Crippen molar-refractivity contribution in [1.82, 2.24) is 4.90 Å². The maximum atomic E-state index is 12.5. The van der Waals surface area contributed by atoms with Gasteiger partial charge in [0.2, 0.25) is 0 Å². The number of thiophene rings is 1. The van der Waals surface area contributed by atoms with E-state index < -0.39 is 5.97 Å². The van der Waals surface area contributed by atoms with Gasteiger partial charge in [0.15, 0.2) is 0 Å². The molecule has 0 bridgehead atoms. The molecule has 1 aliphatic heterocycles. The Morgan fingerprint density at radius 1 is 1.33 bits per heavy atom. The summed E-state index contributed by atoms with van der Waals surface area (Å²) < 4.78 is 10.6. The normalized spacial score (nSPS) is 22.1. The van der Waals surface area contributed by atoms with Crippen molar-refractivity contribution in [2.75, 3.05) is 27.3 Å². The Bertz CT molecular complexity index is 541. The average Bonchev–Trinajstić information content (AvgIpc) is 3.10. The predicted octanol–water partition coefficient (Wildman–Crippen LogP) is 1.33. The molecule has 1 amide bonds. The van der Waals surface area contributed by atoms with E-state index in [-0.39, 0.29) is 18.1 Å². The molecule has 6 nitrogen and oxygen atoms in total. The standard InChI is InChI=1S/C14H17NO5S/c1-19-10-7-15(8-11(10)20-2)14(18)13-9(5-6-21-13)3-4-12(16)17/h3-6,10-11H,7-8H2,1-2H3,(H,16,17)/b4-3+. The molecule has 7 heteroatoms. The fourth-order valence-corrected chi connectivity index (χ4v) is 3.14. The van der Waals surface area contributed by atoms with Crippen LogP contribution in [0.15, 0.2) is 17.5 Å². The van der Waals surface area contributed by atoms with Crippen LogP contribution in [0.3, 0.4) is 0 Å². The molecule has 2 heterocycles. The van der Waals surface area contributed by atoms with Gasteiger partial charge in [0.05, 0.1) is 4.88 Å². The molecule has 1 aromatic rings. The van der Waals surface area contributed by atoms with Gasteiger partial charge in [-0.05, 0) is 23.1 Å². The lowest BCUT2D eigenvalue weighted by molar-refractivity contribution is -0.131. The predicted molar refractivity (Wildman–Crippen MR) is 78.5 cm³/mol. The highest BCUT2D eigenvalue weighted by Gasteiger charge is 2.36. The Hall–Kier alpha value is -1.70. The number of carboxylic acids is 1. The van der Waals surface area contributed by atoms with Crippen LogP contribution in [-0.4, -0.2) is 61.4 Å². The third-order valence-electron chi connectivity index (χ3n) is 3.40. The van der Waals surface area contributed by atoms with Gasteiger partial charge < -0.3 is 19.5 Å². The van der Waals surface area contributed by atoms with Gasteiger partial charge in [0.25, 0.3) is 5.91 Å². The van der Waals surface area contributed by atoms with Crippen LogP contribution in [0.25, 0.3) is 6.08 Å². The van der Waals surface area contributed by atoms with E-state index in [1.807, 2.05) is 0 Å². The van der Waals surface area contributed by atoms with Gasteiger partial charge in [-0.15, -0.1) is 11.3 Å². The van der Waals surface area contributed by atoms with E-state index in [0.717, 1.165) is 6.08 Å². The summed E-state index contributed by atoms with van der Waals surface area (Å²) in [6, 6.07) is 1.73. The summed E-state index contributed by atoms with van der Waals surface area (Å²) in [7, 11) is 3.19. The van der Waals surface area contributed by atoms with Crippen LogP contribution >= 0.6 is 11.3 Å². The van der Waals surface area contributed by atoms with Crippen molar-refractivity contribution >= 4 is 29.3 Å². The lowest BCUT2D eigenvalue weighted by atomic mass is 10.2. The summed E-state index contributed by atoms with van der Waals surface area (Å²) >= 11 is 1.30. The molecule has 0 spiro atoms. The highest BCUT2D eigenvalue weighted by molar-refractivity contribution is 7.12. The second kappa shape index (κ2) is 6.84. The molecule has 0 aliphatic carbocycles. The summed E-state index contributed by atoms with van der Waals surface area (Å²) in [5.41, 5.74) is 0.613. The number of ether oxygens (including phenoxy) is 2. The maximum absolute atomic E-state index is 12.5. The molecule has 2 unspecified atom stereocenters. The largest absolute Gasteiger partial charge is 0.478 e. The minimum absolute atomic E-state index is 0.128. The molecule has 114 valence electrons. The summed E-state index contributed by atoms with van der Waals surface area (Å²) in [4.78, 5) is 25.3. The van der Waals surface area contributed by atoms with Crippen molar-refractivity contribution in [2.24, 2.45) is 0 Å². The van der Waals surface area contributed by atoms with E-state index in [4.69, 9.17) is 14.6 Å². The summed E-state index contributed by atoms with van der Waals surface area (Å²) in [5, 5.41) is 10.4. The molecule has 2 atom stereocenters. The molecule has 1 N–H and O–H groups in total. The molecular weight excluding hydrogens is 294 g/mol. The van der Waals surface area contributed by atoms with Crippen molar-refractivity contribution in [3.8, 4) is 0 Å². The van der Waals surface area contributed by atoms with Gasteiger partial charge in [-0.1, -0.05) is 0 Å². The average molecular weight is 311 g/mol. The number of methoxy groups -OCH3 is 2. The van der Waals surface area contributed by atoms with Gasteiger partial charge in [-0.2, -0.15) is 0 Å². The SMILES string of the molecule is COC1CN(C(=O)c2sccc2/C=C/C(=O)O)CC1OC. The minimum atomic E-state index is -1.04. The van der Waals surface area contributed by atoms with Crippen molar-refractivity contribution in [3.05, 3.63) is 28.0 Å². The number of carboxylic acid groups (broad SMARTS) is 1. The minimum Gasteiger partial charge on any atom is -0.478 e. The zero-order chi connectivity index (χ0) is 15.4. The lowest BCUT2D eigenvalue weighted by Crippen LogP contribution is -2.29. The Morgan fingerprint density at radius 3 is 2.48 bits per heavy atom. The summed E-state index contributed by atoms with van der Waals surface area (Å²) in [6.45, 7) is 0.932. The first-order chi connectivity index (χ1) is 10.1. The number of aliphatic carboxylic acids is 1. The summed E-state index contributed by atoms with van der Waals surface area (Å²) in [6.07, 6.45) is 2.18. The number of amides is 1. The van der Waals surface area contributed by atoms with Crippen molar-refractivity contribution in [3.63, 3.8) is 0 Å². The first kappa shape index (κ1) is 15.7. The van der Waals surface area contributed by atoms with E-state index >= 15 is 0 Å². The smallest absolute Gasteiger partial charge is 0.328 e. The van der Waals surface area contributed by atoms with Gasteiger partial charge in [-0.3, -0.25) is 4.79 Å². The molecule has 0 aromatic carbocycles. The zero-order valence-corrected chi connectivity index (χ0v) is 12.6. The van der Waals surface area contributed by atoms with Crippen molar-refractivity contribution in [2.45, 2.75) is 12.2 Å². The lowest BCUT2D eigenvalue weighted by Gasteiger charge is -2.15. The number of carbonyl (C=O) groups excluding carboxylic acids is 1. The Kier molecular flexibility index (Phi) is 5.11. The molecule has 1 saturated heterocycles. The number of nitrogens with zero attached hydrogens (tertiary/aromatic N) is 1. The molecule has 1 aromatic heterocycles. The second-order valence-corrected chi connectivity index (χ2v) is 5.55. The zero-order valence-electron chi connectivity index (χ0n) is 11.8. The van der Waals surface area contributed by atoms with Crippen molar-refractivity contribution in [1.29, 1.82) is 0 Å². The Balaban J connectivity index is 2.14. The van der Waals surface area contributed by atoms with E-state index in [0.29, 0.717) is 23.5 Å². The van der Waals surface area contributed by atoms with Crippen molar-refractivity contribution < 1.29 is 24.2 Å². The van der Waals surface area contributed by atoms with E-state index in [1.54, 1.807) is 30.6 Å². The quantitative estimate of drug-likeness (QED) is 0.830. The van der Waals surface area contributed by atoms with Crippen LogP contribution in [0.1, 0.15) is 15.2 Å². The van der Waals surface area contributed by atoms with Crippen LogP contribution in [0.5, 0.6) is 0 Å². The second-order valence-electron chi connectivity index (χ2n) is 4.64. The number of hydrogen-bond donors (Lipinski definition) is 1. The van der Waals surface area contributed by atoms with Gasteiger partial charge in [-0.25, -0.2) is 4.79 Å². The Morgan fingerprint density at radius 2 is 1.95 bits per heavy atom. The molecule has 0 radical (unpaired) electrons. The first-order valence-corrected chi connectivity index (χ1v) is 7.28. The molecule has 2 rings (SSSR count). The number of likely N-dealkylation sites (tertiary alicyclic amines) is 1. The monoisotopic (exact) mass is 311 g/mol. The van der Waals surface area contributed by atoms with Crippen LogP contribution in [0.2, 0.25) is 0 Å². The van der Waals surface area contributed by atoms with Crippen LogP contribution in [-0.2, 0) is 14.3 Å². The maximum Gasteiger partial charge on any atom is 0.328 e. The fraction of sp³-hybridized carbons (Fsp3) is 0.429. The number of carbonyl (C=O) groups is 2. The van der Waals surface area contributed by atoms with E-state index in [9.17, 15) is 9.59 Å². The third kappa shape index (κ3) is 3.49. The molecular formula is C14H17NO5S. The third-order valence-corrected chi connectivity index (χ3v) is 4.32. The first-order valence-electron chi connectivity index (χ1n) is 6.40. The van der Waals surface area contributed by atoms with Gasteiger partial charge in [0, 0.05) is 33.4 Å². The molecule has 1 fully saturated rings. The number of hydrogen-bond acceptors (Lipinski definition) is 5. The molecule has 0 saturated carbocycles. The van der Waals surface area contributed by atoms with E-state index in [1.165, 1.54) is 17.4 Å². The topological polar surface area (TPSA) is 76.1 Å². The molecule has 1 aliphatic rings. The highest BCUT2D eigenvalue weighted by atomic mass is 32.1. The van der Waals surface area contributed by atoms with Crippen LogP contribution < -0.4 is 0 Å². The van der Waals surface area contributed by atoms with Crippen LogP contribution in [0.4, 0.5) is 0 Å². The number of rotatable bonds is 5. The highest BCUT2D eigenvalue weighted by Crippen LogP contribution is 2.24. The van der Waals surface area contributed by atoms with E-state index in [2.05, 4.69) is 0 Å². The summed E-state index contributed by atoms with van der Waals surface area (Å²) in [5.74, 6) is -1.17. The van der Waals surface area contributed by atoms with Gasteiger partial charge >= 0.3 is 5.97 Å². The Labute approximate surface area is 126 Å².